The van der Waals surface area contributed by atoms with Crippen molar-refractivity contribution in [3.8, 4) is 5.69 Å². The molecule has 0 spiro atoms. The van der Waals surface area contributed by atoms with Gasteiger partial charge in [-0.2, -0.15) is 5.10 Å². The molecule has 1 saturated heterocycles. The van der Waals surface area contributed by atoms with E-state index < -0.39 is 0 Å². The fourth-order valence-corrected chi connectivity index (χ4v) is 4.34. The molecule has 1 aliphatic rings. The highest BCUT2D eigenvalue weighted by Gasteiger charge is 2.16. The van der Waals surface area contributed by atoms with Crippen molar-refractivity contribution in [2.75, 3.05) is 39.3 Å². The minimum Gasteiger partial charge on any atom is -0.301 e. The van der Waals surface area contributed by atoms with E-state index in [-0.39, 0.29) is 0 Å². The summed E-state index contributed by atoms with van der Waals surface area (Å²) in [6.45, 7) is 7.87. The zero-order chi connectivity index (χ0) is 20.9. The van der Waals surface area contributed by atoms with E-state index in [4.69, 9.17) is 0 Å². The van der Waals surface area contributed by atoms with Crippen LogP contribution < -0.4 is 0 Å². The maximum atomic E-state index is 4.62. The first-order valence-electron chi connectivity index (χ1n) is 11.1. The second kappa shape index (κ2) is 9.41. The zero-order valence-corrected chi connectivity index (χ0v) is 17.8. The number of nitrogens with zero attached hydrogens (tertiary/aromatic N) is 7. The summed E-state index contributed by atoms with van der Waals surface area (Å²) in [6.07, 6.45) is 7.65. The summed E-state index contributed by atoms with van der Waals surface area (Å²) >= 11 is 0. The smallest absolute Gasteiger partial charge is 0.123 e. The lowest BCUT2D eigenvalue weighted by Crippen LogP contribution is -2.47. The van der Waals surface area contributed by atoms with E-state index in [1.807, 2.05) is 10.8 Å². The molecule has 0 bridgehead atoms. The van der Waals surface area contributed by atoms with Crippen LogP contribution in [0.1, 0.15) is 12.0 Å². The normalized spacial score (nSPS) is 15.6. The van der Waals surface area contributed by atoms with Crippen LogP contribution >= 0.6 is 0 Å². The molecule has 0 saturated carbocycles. The second-order valence-corrected chi connectivity index (χ2v) is 8.25. The predicted octanol–water partition coefficient (Wildman–Crippen LogP) is 2.87. The van der Waals surface area contributed by atoms with Crippen LogP contribution in [0.4, 0.5) is 0 Å². The highest BCUT2D eigenvalue weighted by molar-refractivity contribution is 5.80. The minimum absolute atomic E-state index is 0.934. The number of aryl methyl sites for hydroxylation is 1. The van der Waals surface area contributed by atoms with Crippen molar-refractivity contribution in [1.82, 2.24) is 34.3 Å². The van der Waals surface area contributed by atoms with Crippen molar-refractivity contribution in [3.63, 3.8) is 0 Å². The van der Waals surface area contributed by atoms with Crippen LogP contribution in [0.3, 0.4) is 0 Å². The maximum Gasteiger partial charge on any atom is 0.123 e. The van der Waals surface area contributed by atoms with Gasteiger partial charge in [-0.1, -0.05) is 30.3 Å². The summed E-state index contributed by atoms with van der Waals surface area (Å²) in [6, 6.07) is 17.2. The van der Waals surface area contributed by atoms with Gasteiger partial charge in [-0.3, -0.25) is 9.25 Å². The summed E-state index contributed by atoms with van der Waals surface area (Å²) in [4.78, 5) is 5.18. The molecule has 3 heterocycles. The van der Waals surface area contributed by atoms with Gasteiger partial charge in [0, 0.05) is 44.7 Å². The molecule has 5 rings (SSSR count). The molecule has 0 atom stereocenters. The van der Waals surface area contributed by atoms with Crippen molar-refractivity contribution in [1.29, 1.82) is 0 Å². The number of hydrogen-bond acceptors (Lipinski definition) is 5. The molecular weight excluding hydrogens is 386 g/mol. The number of aromatic nitrogens is 5. The van der Waals surface area contributed by atoms with E-state index in [1.54, 1.807) is 12.7 Å². The Morgan fingerprint density at radius 1 is 0.774 bits per heavy atom. The summed E-state index contributed by atoms with van der Waals surface area (Å²) in [5.41, 5.74) is 3.66. The predicted molar refractivity (Wildman–Crippen MR) is 122 cm³/mol. The number of benzene rings is 2. The molecule has 0 radical (unpaired) electrons. The Kier molecular flexibility index (Phi) is 6.04. The first kappa shape index (κ1) is 19.9. The molecule has 160 valence electrons. The van der Waals surface area contributed by atoms with Crippen molar-refractivity contribution >= 4 is 10.9 Å². The lowest BCUT2D eigenvalue weighted by Gasteiger charge is -2.34. The molecular formula is C24H29N7. The Hall–Kier alpha value is -3.03. The van der Waals surface area contributed by atoms with Gasteiger partial charge in [0.2, 0.25) is 0 Å². The van der Waals surface area contributed by atoms with E-state index in [2.05, 4.69) is 78.3 Å². The molecule has 1 aliphatic heterocycles. The Morgan fingerprint density at radius 3 is 2.29 bits per heavy atom. The monoisotopic (exact) mass is 415 g/mol. The van der Waals surface area contributed by atoms with Gasteiger partial charge in [0.05, 0.1) is 17.4 Å². The van der Waals surface area contributed by atoms with Crippen LogP contribution in [0.2, 0.25) is 0 Å². The van der Waals surface area contributed by atoms with Gasteiger partial charge in [-0.25, -0.2) is 0 Å². The summed E-state index contributed by atoms with van der Waals surface area (Å²) in [5.74, 6) is 0. The molecule has 0 unspecified atom stereocenters. The highest BCUT2D eigenvalue weighted by Crippen LogP contribution is 2.18. The molecule has 7 heteroatoms. The Bertz CT molecular complexity index is 1080. The van der Waals surface area contributed by atoms with Gasteiger partial charge in [-0.15, -0.1) is 10.2 Å². The summed E-state index contributed by atoms with van der Waals surface area (Å²) in [5, 5.41) is 13.6. The quantitative estimate of drug-likeness (QED) is 0.443. The number of rotatable bonds is 8. The van der Waals surface area contributed by atoms with E-state index in [1.165, 1.54) is 24.0 Å². The maximum absolute atomic E-state index is 4.62. The Labute approximate surface area is 182 Å². The molecule has 0 N–H and O–H groups in total. The molecule has 0 aliphatic carbocycles. The number of hydrogen-bond donors (Lipinski definition) is 0. The molecule has 4 aromatic rings. The largest absolute Gasteiger partial charge is 0.301 e. The summed E-state index contributed by atoms with van der Waals surface area (Å²) < 4.78 is 4.05. The average molecular weight is 416 g/mol. The van der Waals surface area contributed by atoms with E-state index >= 15 is 0 Å². The fourth-order valence-electron chi connectivity index (χ4n) is 4.34. The first-order valence-corrected chi connectivity index (χ1v) is 11.1. The van der Waals surface area contributed by atoms with Crippen LogP contribution in [-0.4, -0.2) is 73.6 Å². The minimum atomic E-state index is 0.934. The zero-order valence-electron chi connectivity index (χ0n) is 17.8. The van der Waals surface area contributed by atoms with Crippen LogP contribution in [0.5, 0.6) is 0 Å². The standard InChI is InChI=1S/C24H29N7/c1-2-5-21(6-3-1)9-12-29-15-13-28(14-16-29)10-4-11-31-24-17-23(30-19-25-26-20-30)8-7-22(24)18-27-31/h1-3,5-8,17-20H,4,9-16H2. The lowest BCUT2D eigenvalue weighted by atomic mass is 10.1. The fraction of sp³-hybridized carbons (Fsp3) is 0.375. The topological polar surface area (TPSA) is 55.0 Å². The van der Waals surface area contributed by atoms with Crippen molar-refractivity contribution in [2.45, 2.75) is 19.4 Å². The van der Waals surface area contributed by atoms with E-state index in [0.717, 1.165) is 56.8 Å². The number of piperazine rings is 1. The molecule has 1 fully saturated rings. The third-order valence-corrected chi connectivity index (χ3v) is 6.21. The van der Waals surface area contributed by atoms with Gasteiger partial charge in [0.25, 0.3) is 0 Å². The van der Waals surface area contributed by atoms with E-state index in [0.29, 0.717) is 0 Å². The highest BCUT2D eigenvalue weighted by atomic mass is 15.3. The van der Waals surface area contributed by atoms with Crippen LogP contribution in [0, 0.1) is 0 Å². The van der Waals surface area contributed by atoms with Gasteiger partial charge in [0.15, 0.2) is 0 Å². The SMILES string of the molecule is c1ccc(CCN2CCN(CCCn3ncc4ccc(-n5cnnc5)cc43)CC2)cc1. The van der Waals surface area contributed by atoms with Crippen LogP contribution in [-0.2, 0) is 13.0 Å². The molecule has 0 amide bonds. The molecule has 31 heavy (non-hydrogen) atoms. The molecule has 2 aromatic carbocycles. The first-order chi connectivity index (χ1) is 15.3. The van der Waals surface area contributed by atoms with Gasteiger partial charge < -0.3 is 9.80 Å². The van der Waals surface area contributed by atoms with E-state index in [9.17, 15) is 0 Å². The third kappa shape index (κ3) is 4.84. The average Bonchev–Trinajstić information content (AvgIpc) is 3.49. The van der Waals surface area contributed by atoms with Crippen molar-refractivity contribution in [2.24, 2.45) is 0 Å². The second-order valence-electron chi connectivity index (χ2n) is 8.25. The van der Waals surface area contributed by atoms with Gasteiger partial charge in [0.1, 0.15) is 12.7 Å². The van der Waals surface area contributed by atoms with Gasteiger partial charge in [-0.05, 0) is 43.1 Å². The Balaban J connectivity index is 1.09. The lowest BCUT2D eigenvalue weighted by molar-refractivity contribution is 0.131. The Morgan fingerprint density at radius 2 is 1.52 bits per heavy atom. The molecule has 2 aromatic heterocycles. The van der Waals surface area contributed by atoms with Gasteiger partial charge >= 0.3 is 0 Å². The summed E-state index contributed by atoms with van der Waals surface area (Å²) in [7, 11) is 0. The van der Waals surface area contributed by atoms with Crippen LogP contribution in [0.25, 0.3) is 16.6 Å². The molecule has 7 nitrogen and oxygen atoms in total. The number of fused-ring (bicyclic) bond motifs is 1. The van der Waals surface area contributed by atoms with Crippen LogP contribution in [0.15, 0.2) is 67.4 Å². The van der Waals surface area contributed by atoms with Crippen molar-refractivity contribution < 1.29 is 0 Å². The third-order valence-electron chi connectivity index (χ3n) is 6.21. The van der Waals surface area contributed by atoms with Crippen molar-refractivity contribution in [3.05, 3.63) is 72.9 Å².